The summed E-state index contributed by atoms with van der Waals surface area (Å²) in [6.45, 7) is 4.15. The van der Waals surface area contributed by atoms with Crippen molar-refractivity contribution in [2.75, 3.05) is 0 Å². The van der Waals surface area contributed by atoms with Crippen LogP contribution in [-0.4, -0.2) is 26.8 Å². The van der Waals surface area contributed by atoms with Crippen molar-refractivity contribution in [3.63, 3.8) is 0 Å². The molecular formula is C15H17N3O3. The summed E-state index contributed by atoms with van der Waals surface area (Å²) in [7, 11) is 0. The van der Waals surface area contributed by atoms with E-state index < -0.39 is 17.2 Å². The van der Waals surface area contributed by atoms with Crippen LogP contribution in [0.15, 0.2) is 46.1 Å². The minimum absolute atomic E-state index is 0.0702. The van der Waals surface area contributed by atoms with Crippen molar-refractivity contribution in [3.8, 4) is 0 Å². The fourth-order valence-electron chi connectivity index (χ4n) is 1.99. The van der Waals surface area contributed by atoms with Gasteiger partial charge in [-0.2, -0.15) is 0 Å². The average molecular weight is 287 g/mol. The summed E-state index contributed by atoms with van der Waals surface area (Å²) in [5.74, 6) is -0.411. The minimum atomic E-state index is -0.678. The highest BCUT2D eigenvalue weighted by Gasteiger charge is 2.21. The Morgan fingerprint density at radius 3 is 2.43 bits per heavy atom. The lowest BCUT2D eigenvalue weighted by atomic mass is 10.1. The number of hydrogen-bond donors (Lipinski definition) is 2. The largest absolute Gasteiger partial charge is 0.332 e. The van der Waals surface area contributed by atoms with Gasteiger partial charge in [0.25, 0.3) is 11.5 Å². The molecule has 2 N–H and O–H groups in total. The molecule has 0 saturated heterocycles. The molecule has 0 saturated carbocycles. The van der Waals surface area contributed by atoms with Gasteiger partial charge in [0, 0.05) is 18.8 Å². The Morgan fingerprint density at radius 2 is 1.86 bits per heavy atom. The third-order valence-electron chi connectivity index (χ3n) is 3.13. The molecule has 0 radical (unpaired) electrons. The van der Waals surface area contributed by atoms with Crippen LogP contribution in [0, 0.1) is 0 Å². The molecule has 1 heterocycles. The van der Waals surface area contributed by atoms with E-state index in [-0.39, 0.29) is 11.6 Å². The molecule has 1 amide bonds. The molecule has 0 bridgehead atoms. The molecule has 1 aromatic heterocycles. The summed E-state index contributed by atoms with van der Waals surface area (Å²) in [4.78, 5) is 41.2. The van der Waals surface area contributed by atoms with E-state index in [1.54, 1.807) is 4.90 Å². The predicted molar refractivity (Wildman–Crippen MR) is 79.1 cm³/mol. The number of aromatic nitrogens is 2. The second-order valence-electron chi connectivity index (χ2n) is 5.00. The molecule has 0 aliphatic rings. The maximum Gasteiger partial charge on any atom is 0.325 e. The number of aromatic amines is 2. The van der Waals surface area contributed by atoms with Gasteiger partial charge >= 0.3 is 5.69 Å². The highest BCUT2D eigenvalue weighted by Crippen LogP contribution is 2.10. The topological polar surface area (TPSA) is 86.0 Å². The first-order chi connectivity index (χ1) is 9.99. The third-order valence-corrected chi connectivity index (χ3v) is 3.13. The first-order valence-corrected chi connectivity index (χ1v) is 6.66. The lowest BCUT2D eigenvalue weighted by Gasteiger charge is -2.26. The molecule has 0 aliphatic heterocycles. The first-order valence-electron chi connectivity index (χ1n) is 6.66. The number of benzene rings is 1. The Labute approximate surface area is 121 Å². The molecule has 0 unspecified atom stereocenters. The van der Waals surface area contributed by atoms with Gasteiger partial charge in [0.05, 0.1) is 0 Å². The average Bonchev–Trinajstić information content (AvgIpc) is 2.45. The van der Waals surface area contributed by atoms with E-state index in [0.29, 0.717) is 6.54 Å². The number of nitrogens with one attached hydrogen (secondary N) is 2. The van der Waals surface area contributed by atoms with Gasteiger partial charge < -0.3 is 9.88 Å². The zero-order valence-corrected chi connectivity index (χ0v) is 11.9. The van der Waals surface area contributed by atoms with Crippen molar-refractivity contribution in [2.45, 2.75) is 26.4 Å². The number of rotatable bonds is 4. The second kappa shape index (κ2) is 6.21. The Morgan fingerprint density at radius 1 is 1.19 bits per heavy atom. The Balaban J connectivity index is 2.32. The van der Waals surface area contributed by atoms with E-state index in [0.717, 1.165) is 11.8 Å². The van der Waals surface area contributed by atoms with Crippen molar-refractivity contribution in [2.24, 2.45) is 0 Å². The molecule has 110 valence electrons. The SMILES string of the molecule is CC(C)N(Cc1ccccc1)C(=O)c1c[nH]c(=O)[nH]c1=O. The standard InChI is InChI=1S/C15H17N3O3/c1-10(2)18(9-11-6-4-3-5-7-11)14(20)12-8-16-15(21)17-13(12)19/h3-8,10H,9H2,1-2H3,(H2,16,17,19,21). The van der Waals surface area contributed by atoms with Crippen LogP contribution in [0.5, 0.6) is 0 Å². The van der Waals surface area contributed by atoms with Crippen molar-refractivity contribution < 1.29 is 4.79 Å². The number of carbonyl (C=O) groups is 1. The van der Waals surface area contributed by atoms with Gasteiger partial charge in [-0.1, -0.05) is 30.3 Å². The first kappa shape index (κ1) is 14.8. The highest BCUT2D eigenvalue weighted by molar-refractivity contribution is 5.93. The maximum atomic E-state index is 12.5. The summed E-state index contributed by atoms with van der Waals surface area (Å²) in [5.41, 5.74) is -0.405. The highest BCUT2D eigenvalue weighted by atomic mass is 16.2. The van der Waals surface area contributed by atoms with Crippen LogP contribution in [0.25, 0.3) is 0 Å². The van der Waals surface area contributed by atoms with Crippen molar-refractivity contribution in [1.29, 1.82) is 0 Å². The normalized spacial score (nSPS) is 10.6. The minimum Gasteiger partial charge on any atom is -0.332 e. The quantitative estimate of drug-likeness (QED) is 0.883. The molecule has 2 aromatic rings. The summed E-state index contributed by atoms with van der Waals surface area (Å²) in [5, 5.41) is 0. The molecule has 1 aromatic carbocycles. The summed E-state index contributed by atoms with van der Waals surface area (Å²) >= 11 is 0. The Bertz CT molecular complexity index is 732. The second-order valence-corrected chi connectivity index (χ2v) is 5.00. The van der Waals surface area contributed by atoms with Crippen LogP contribution in [0.3, 0.4) is 0 Å². The van der Waals surface area contributed by atoms with Crippen LogP contribution in [0.4, 0.5) is 0 Å². The van der Waals surface area contributed by atoms with E-state index in [1.807, 2.05) is 44.2 Å². The zero-order chi connectivity index (χ0) is 15.4. The van der Waals surface area contributed by atoms with E-state index >= 15 is 0 Å². The lowest BCUT2D eigenvalue weighted by Crippen LogP contribution is -2.40. The van der Waals surface area contributed by atoms with Crippen molar-refractivity contribution in [1.82, 2.24) is 14.9 Å². The molecule has 21 heavy (non-hydrogen) atoms. The molecule has 0 spiro atoms. The van der Waals surface area contributed by atoms with Gasteiger partial charge in [-0.15, -0.1) is 0 Å². The van der Waals surface area contributed by atoms with E-state index in [1.165, 1.54) is 0 Å². The molecule has 6 nitrogen and oxygen atoms in total. The summed E-state index contributed by atoms with van der Waals surface area (Å²) < 4.78 is 0. The number of carbonyl (C=O) groups excluding carboxylic acids is 1. The Kier molecular flexibility index (Phi) is 4.37. The van der Waals surface area contributed by atoms with Crippen LogP contribution in [-0.2, 0) is 6.54 Å². The van der Waals surface area contributed by atoms with Gasteiger partial charge in [0.2, 0.25) is 0 Å². The van der Waals surface area contributed by atoms with Crippen molar-refractivity contribution in [3.05, 3.63) is 68.5 Å². The molecule has 2 rings (SSSR count). The van der Waals surface area contributed by atoms with Crippen LogP contribution in [0.1, 0.15) is 29.8 Å². The molecule has 0 aliphatic carbocycles. The van der Waals surface area contributed by atoms with Gasteiger partial charge in [-0.3, -0.25) is 14.6 Å². The monoisotopic (exact) mass is 287 g/mol. The van der Waals surface area contributed by atoms with Gasteiger partial charge in [-0.25, -0.2) is 4.79 Å². The molecule has 6 heteroatoms. The molecule has 0 atom stereocenters. The van der Waals surface area contributed by atoms with Crippen LogP contribution < -0.4 is 11.2 Å². The van der Waals surface area contributed by atoms with Crippen molar-refractivity contribution >= 4 is 5.91 Å². The van der Waals surface area contributed by atoms with Gasteiger partial charge in [-0.05, 0) is 19.4 Å². The fourth-order valence-corrected chi connectivity index (χ4v) is 1.99. The number of H-pyrrole nitrogens is 2. The van der Waals surface area contributed by atoms with Crippen LogP contribution in [0.2, 0.25) is 0 Å². The molecule has 0 fully saturated rings. The molecular weight excluding hydrogens is 270 g/mol. The Hall–Kier alpha value is -2.63. The number of nitrogens with zero attached hydrogens (tertiary/aromatic N) is 1. The smallest absolute Gasteiger partial charge is 0.325 e. The predicted octanol–water partition coefficient (Wildman–Crippen LogP) is 1.11. The lowest BCUT2D eigenvalue weighted by molar-refractivity contribution is 0.0688. The number of hydrogen-bond acceptors (Lipinski definition) is 3. The third kappa shape index (κ3) is 3.47. The number of amides is 1. The fraction of sp³-hybridized carbons (Fsp3) is 0.267. The van der Waals surface area contributed by atoms with E-state index in [2.05, 4.69) is 9.97 Å². The van der Waals surface area contributed by atoms with Gasteiger partial charge in [0.1, 0.15) is 5.56 Å². The summed E-state index contributed by atoms with van der Waals surface area (Å²) in [6.07, 6.45) is 1.16. The summed E-state index contributed by atoms with van der Waals surface area (Å²) in [6, 6.07) is 9.44. The van der Waals surface area contributed by atoms with Gasteiger partial charge in [0.15, 0.2) is 0 Å². The van der Waals surface area contributed by atoms with E-state index in [9.17, 15) is 14.4 Å². The maximum absolute atomic E-state index is 12.5. The zero-order valence-electron chi connectivity index (χ0n) is 11.9. The van der Waals surface area contributed by atoms with Crippen LogP contribution >= 0.6 is 0 Å². The van der Waals surface area contributed by atoms with E-state index in [4.69, 9.17) is 0 Å².